The Bertz CT molecular complexity index is 459. The number of alkyl halides is 1. The van der Waals surface area contributed by atoms with Crippen LogP contribution < -0.4 is 0 Å². The molecule has 2 aromatic rings. The number of oxazole rings is 1. The molecule has 0 bridgehead atoms. The van der Waals surface area contributed by atoms with E-state index in [1.54, 1.807) is 0 Å². The topological polar surface area (TPSA) is 26.0 Å². The van der Waals surface area contributed by atoms with Gasteiger partial charge in [0.2, 0.25) is 0 Å². The van der Waals surface area contributed by atoms with E-state index in [4.69, 9.17) is 16.0 Å². The van der Waals surface area contributed by atoms with Gasteiger partial charge in [-0.25, -0.2) is 4.98 Å². The van der Waals surface area contributed by atoms with Gasteiger partial charge in [0.1, 0.15) is 5.69 Å². The summed E-state index contributed by atoms with van der Waals surface area (Å²) in [6.45, 7) is 4.35. The van der Waals surface area contributed by atoms with Gasteiger partial charge in [0.05, 0.1) is 5.88 Å². The van der Waals surface area contributed by atoms with Gasteiger partial charge >= 0.3 is 0 Å². The van der Waals surface area contributed by atoms with Gasteiger partial charge < -0.3 is 4.42 Å². The highest BCUT2D eigenvalue weighted by Crippen LogP contribution is 2.26. The quantitative estimate of drug-likeness (QED) is 0.745. The van der Waals surface area contributed by atoms with Crippen molar-refractivity contribution in [1.82, 2.24) is 4.98 Å². The number of halogens is 1. The van der Waals surface area contributed by atoms with Gasteiger partial charge in [0.25, 0.3) is 0 Å². The smallest absolute Gasteiger partial charge is 0.181 e. The molecule has 1 aromatic carbocycles. The second-order valence-electron chi connectivity index (χ2n) is 4.04. The summed E-state index contributed by atoms with van der Waals surface area (Å²) in [6, 6.07) is 8.32. The lowest BCUT2D eigenvalue weighted by molar-refractivity contribution is 0.571. The van der Waals surface area contributed by atoms with Crippen molar-refractivity contribution in [3.05, 3.63) is 41.9 Å². The third-order valence-corrected chi connectivity index (χ3v) is 2.86. The molecule has 0 fully saturated rings. The van der Waals surface area contributed by atoms with Crippen LogP contribution in [0.2, 0.25) is 0 Å². The maximum absolute atomic E-state index is 5.78. The average molecular weight is 236 g/mol. The Hall–Kier alpha value is -1.28. The molecule has 0 aliphatic carbocycles. The lowest BCUT2D eigenvalue weighted by Gasteiger charge is -2.05. The molecule has 0 spiro atoms. The van der Waals surface area contributed by atoms with Crippen molar-refractivity contribution in [2.75, 3.05) is 0 Å². The molecule has 0 N–H and O–H groups in total. The monoisotopic (exact) mass is 235 g/mol. The molecule has 0 radical (unpaired) electrons. The highest BCUT2D eigenvalue weighted by molar-refractivity contribution is 6.17. The molecule has 0 unspecified atom stereocenters. The lowest BCUT2D eigenvalue weighted by Crippen LogP contribution is -1.87. The second-order valence-corrected chi connectivity index (χ2v) is 4.31. The van der Waals surface area contributed by atoms with Crippen molar-refractivity contribution in [1.29, 1.82) is 0 Å². The molecular weight excluding hydrogens is 222 g/mol. The molecule has 0 atom stereocenters. The zero-order valence-corrected chi connectivity index (χ0v) is 10.2. The Labute approximate surface area is 100 Å². The van der Waals surface area contributed by atoms with E-state index in [1.807, 2.05) is 12.1 Å². The first kappa shape index (κ1) is 11.2. The minimum atomic E-state index is 0.373. The van der Waals surface area contributed by atoms with E-state index >= 15 is 0 Å². The minimum Gasteiger partial charge on any atom is -0.443 e. The third kappa shape index (κ3) is 2.12. The summed E-state index contributed by atoms with van der Waals surface area (Å²) in [5.74, 6) is 1.68. The Morgan fingerprint density at radius 2 is 1.94 bits per heavy atom. The molecule has 0 aliphatic heterocycles. The average Bonchev–Trinajstić information content (AvgIpc) is 2.77. The highest BCUT2D eigenvalue weighted by atomic mass is 35.5. The highest BCUT2D eigenvalue weighted by Gasteiger charge is 2.09. The molecule has 0 saturated heterocycles. The predicted octanol–water partition coefficient (Wildman–Crippen LogP) is 4.20. The molecule has 16 heavy (non-hydrogen) atoms. The molecular formula is C13H14ClNO. The van der Waals surface area contributed by atoms with Crippen LogP contribution in [-0.2, 0) is 5.88 Å². The summed E-state index contributed by atoms with van der Waals surface area (Å²) in [4.78, 5) is 4.07. The van der Waals surface area contributed by atoms with Crippen LogP contribution in [0.15, 0.2) is 35.1 Å². The molecule has 1 aromatic heterocycles. The first-order valence-electron chi connectivity index (χ1n) is 5.31. The van der Waals surface area contributed by atoms with Crippen LogP contribution in [0.3, 0.4) is 0 Å². The normalized spacial score (nSPS) is 11.0. The van der Waals surface area contributed by atoms with Gasteiger partial charge in [-0.15, -0.1) is 11.6 Å². The summed E-state index contributed by atoms with van der Waals surface area (Å²) in [5, 5.41) is 0. The fraction of sp³-hybridized carbons (Fsp3) is 0.308. The van der Waals surface area contributed by atoms with E-state index < -0.39 is 0 Å². The van der Waals surface area contributed by atoms with Gasteiger partial charge in [-0.1, -0.05) is 38.1 Å². The fourth-order valence-corrected chi connectivity index (χ4v) is 1.81. The van der Waals surface area contributed by atoms with E-state index in [0.717, 1.165) is 17.0 Å². The number of hydrogen-bond acceptors (Lipinski definition) is 2. The van der Waals surface area contributed by atoms with Crippen molar-refractivity contribution in [3.63, 3.8) is 0 Å². The molecule has 2 rings (SSSR count). The lowest BCUT2D eigenvalue weighted by atomic mass is 10.0. The van der Waals surface area contributed by atoms with Gasteiger partial charge in [-0.2, -0.15) is 0 Å². The number of aromatic nitrogens is 1. The van der Waals surface area contributed by atoms with Crippen LogP contribution in [0.1, 0.15) is 31.0 Å². The van der Waals surface area contributed by atoms with Gasteiger partial charge in [0, 0.05) is 5.56 Å². The molecule has 1 heterocycles. The van der Waals surface area contributed by atoms with Crippen molar-refractivity contribution < 1.29 is 4.42 Å². The summed E-state index contributed by atoms with van der Waals surface area (Å²) in [7, 11) is 0. The number of nitrogens with zero attached hydrogens (tertiary/aromatic N) is 1. The van der Waals surface area contributed by atoms with Crippen molar-refractivity contribution in [2.24, 2.45) is 0 Å². The molecule has 84 valence electrons. The van der Waals surface area contributed by atoms with Crippen LogP contribution in [0.5, 0.6) is 0 Å². The maximum atomic E-state index is 5.78. The first-order valence-corrected chi connectivity index (χ1v) is 5.84. The largest absolute Gasteiger partial charge is 0.443 e. The summed E-state index contributed by atoms with van der Waals surface area (Å²) in [5.41, 5.74) is 3.13. The van der Waals surface area contributed by atoms with Crippen molar-refractivity contribution in [3.8, 4) is 11.3 Å². The molecule has 0 amide bonds. The van der Waals surface area contributed by atoms with E-state index in [2.05, 4.69) is 31.0 Å². The fourth-order valence-electron chi connectivity index (χ4n) is 1.62. The van der Waals surface area contributed by atoms with E-state index in [1.165, 1.54) is 12.0 Å². The SMILES string of the molecule is CC(C)c1ccc(-c2ocnc2CCl)cc1. The van der Waals surface area contributed by atoms with E-state index in [0.29, 0.717) is 11.8 Å². The Morgan fingerprint density at radius 1 is 1.25 bits per heavy atom. The predicted molar refractivity (Wildman–Crippen MR) is 65.6 cm³/mol. The van der Waals surface area contributed by atoms with Crippen molar-refractivity contribution in [2.45, 2.75) is 25.6 Å². The maximum Gasteiger partial charge on any atom is 0.181 e. The Kier molecular flexibility index (Phi) is 3.30. The third-order valence-electron chi connectivity index (χ3n) is 2.61. The van der Waals surface area contributed by atoms with Crippen molar-refractivity contribution >= 4 is 11.6 Å². The number of hydrogen-bond donors (Lipinski definition) is 0. The molecule has 0 saturated carbocycles. The number of rotatable bonds is 3. The van der Waals surface area contributed by atoms with Gasteiger partial charge in [-0.05, 0) is 11.5 Å². The van der Waals surface area contributed by atoms with Gasteiger partial charge in [-0.3, -0.25) is 0 Å². The standard InChI is InChI=1S/C13H14ClNO/c1-9(2)10-3-5-11(6-4-10)13-12(7-14)15-8-16-13/h3-6,8-9H,7H2,1-2H3. The zero-order valence-electron chi connectivity index (χ0n) is 9.40. The van der Waals surface area contributed by atoms with Crippen LogP contribution in [0.4, 0.5) is 0 Å². The molecule has 2 nitrogen and oxygen atoms in total. The molecule has 3 heteroatoms. The van der Waals surface area contributed by atoms with Crippen LogP contribution in [-0.4, -0.2) is 4.98 Å². The van der Waals surface area contributed by atoms with Crippen LogP contribution in [0, 0.1) is 0 Å². The van der Waals surface area contributed by atoms with Crippen LogP contribution in [0.25, 0.3) is 11.3 Å². The van der Waals surface area contributed by atoms with E-state index in [9.17, 15) is 0 Å². The molecule has 0 aliphatic rings. The summed E-state index contributed by atoms with van der Waals surface area (Å²) in [6.07, 6.45) is 1.43. The van der Waals surface area contributed by atoms with Gasteiger partial charge in [0.15, 0.2) is 12.2 Å². The zero-order chi connectivity index (χ0) is 11.5. The summed E-state index contributed by atoms with van der Waals surface area (Å²) >= 11 is 5.78. The first-order chi connectivity index (χ1) is 7.72. The summed E-state index contributed by atoms with van der Waals surface area (Å²) < 4.78 is 5.35. The van der Waals surface area contributed by atoms with E-state index in [-0.39, 0.29) is 0 Å². The Balaban J connectivity index is 2.35. The number of benzene rings is 1. The second kappa shape index (κ2) is 4.71. The van der Waals surface area contributed by atoms with Crippen LogP contribution >= 0.6 is 11.6 Å². The Morgan fingerprint density at radius 3 is 2.50 bits per heavy atom. The minimum absolute atomic E-state index is 0.373.